The van der Waals surface area contributed by atoms with Gasteiger partial charge in [0.05, 0.1) is 19.4 Å². The zero-order valence-electron chi connectivity index (χ0n) is 7.38. The molecule has 1 aromatic rings. The van der Waals surface area contributed by atoms with Crippen LogP contribution in [0.1, 0.15) is 0 Å². The third kappa shape index (κ3) is 2.59. The van der Waals surface area contributed by atoms with E-state index >= 15 is 0 Å². The summed E-state index contributed by atoms with van der Waals surface area (Å²) >= 11 is 0. The zero-order valence-corrected chi connectivity index (χ0v) is 7.38. The van der Waals surface area contributed by atoms with Gasteiger partial charge in [0.15, 0.2) is 0 Å². The second kappa shape index (κ2) is 4.67. The number of aliphatic hydroxyl groups is 1. The number of ether oxygens (including phenoxy) is 1. The van der Waals surface area contributed by atoms with E-state index in [4.69, 9.17) is 9.84 Å². The molecule has 3 nitrogen and oxygen atoms in total. The first-order valence-electron chi connectivity index (χ1n) is 3.96. The van der Waals surface area contributed by atoms with E-state index in [1.165, 1.54) is 13.2 Å². The maximum atomic E-state index is 13.1. The van der Waals surface area contributed by atoms with Gasteiger partial charge in [-0.3, -0.25) is 0 Å². The Labute approximate surface area is 76.1 Å². The van der Waals surface area contributed by atoms with Crippen LogP contribution in [0.5, 0.6) is 5.75 Å². The standard InChI is InChI=1S/C9H12FNO2/c1-13-7-2-3-9(8(10)6-7)11-4-5-12/h2-3,6,11-12H,4-5H2,1H3. The maximum Gasteiger partial charge on any atom is 0.149 e. The van der Waals surface area contributed by atoms with Crippen molar-refractivity contribution in [2.75, 3.05) is 25.6 Å². The Kier molecular flexibility index (Phi) is 3.52. The van der Waals surface area contributed by atoms with Crippen molar-refractivity contribution >= 4 is 5.69 Å². The summed E-state index contributed by atoms with van der Waals surface area (Å²) in [5.41, 5.74) is 0.370. The van der Waals surface area contributed by atoms with Crippen LogP contribution in [0, 0.1) is 5.82 Å². The molecule has 0 heterocycles. The average Bonchev–Trinajstić information content (AvgIpc) is 2.16. The van der Waals surface area contributed by atoms with E-state index < -0.39 is 0 Å². The number of halogens is 1. The van der Waals surface area contributed by atoms with Crippen molar-refractivity contribution in [2.45, 2.75) is 0 Å². The summed E-state index contributed by atoms with van der Waals surface area (Å²) in [4.78, 5) is 0. The molecule has 0 amide bonds. The van der Waals surface area contributed by atoms with Crippen LogP contribution in [0.25, 0.3) is 0 Å². The Morgan fingerprint density at radius 3 is 2.85 bits per heavy atom. The molecular formula is C9H12FNO2. The molecule has 2 N–H and O–H groups in total. The molecule has 0 unspecified atom stereocenters. The Hall–Kier alpha value is -1.29. The van der Waals surface area contributed by atoms with Crippen LogP contribution in [-0.2, 0) is 0 Å². The van der Waals surface area contributed by atoms with E-state index in [1.807, 2.05) is 0 Å². The number of methoxy groups -OCH3 is 1. The van der Waals surface area contributed by atoms with Gasteiger partial charge in [-0.25, -0.2) is 4.39 Å². The summed E-state index contributed by atoms with van der Waals surface area (Å²) in [7, 11) is 1.48. The highest BCUT2D eigenvalue weighted by Gasteiger charge is 2.01. The Morgan fingerprint density at radius 1 is 1.54 bits per heavy atom. The molecule has 13 heavy (non-hydrogen) atoms. The van der Waals surface area contributed by atoms with Gasteiger partial charge in [0.2, 0.25) is 0 Å². The third-order valence-electron chi connectivity index (χ3n) is 1.60. The van der Waals surface area contributed by atoms with Crippen molar-refractivity contribution in [2.24, 2.45) is 0 Å². The SMILES string of the molecule is COc1ccc(NCCO)c(F)c1. The molecular weight excluding hydrogens is 173 g/mol. The topological polar surface area (TPSA) is 41.5 Å². The highest BCUT2D eigenvalue weighted by atomic mass is 19.1. The van der Waals surface area contributed by atoms with Crippen molar-refractivity contribution in [3.8, 4) is 5.75 Å². The van der Waals surface area contributed by atoms with Gasteiger partial charge < -0.3 is 15.2 Å². The molecule has 1 aromatic carbocycles. The van der Waals surface area contributed by atoms with E-state index in [-0.39, 0.29) is 12.4 Å². The van der Waals surface area contributed by atoms with Crippen molar-refractivity contribution in [3.05, 3.63) is 24.0 Å². The fourth-order valence-corrected chi connectivity index (χ4v) is 0.957. The summed E-state index contributed by atoms with van der Waals surface area (Å²) < 4.78 is 18.0. The van der Waals surface area contributed by atoms with Crippen molar-refractivity contribution < 1.29 is 14.2 Å². The smallest absolute Gasteiger partial charge is 0.149 e. The Bertz CT molecular complexity index is 278. The highest BCUT2D eigenvalue weighted by Crippen LogP contribution is 2.19. The molecule has 0 aliphatic carbocycles. The molecule has 0 radical (unpaired) electrons. The molecule has 0 saturated carbocycles. The van der Waals surface area contributed by atoms with Crippen LogP contribution in [0.3, 0.4) is 0 Å². The minimum absolute atomic E-state index is 0.0224. The van der Waals surface area contributed by atoms with Crippen molar-refractivity contribution in [1.29, 1.82) is 0 Å². The summed E-state index contributed by atoms with van der Waals surface area (Å²) in [6.45, 7) is 0.314. The second-order valence-corrected chi connectivity index (χ2v) is 2.50. The lowest BCUT2D eigenvalue weighted by Crippen LogP contribution is -2.06. The normalized spacial score (nSPS) is 9.77. The lowest BCUT2D eigenvalue weighted by Gasteiger charge is -2.06. The number of anilines is 1. The molecule has 4 heteroatoms. The van der Waals surface area contributed by atoms with Gasteiger partial charge in [-0.05, 0) is 12.1 Å². The summed E-state index contributed by atoms with van der Waals surface area (Å²) in [6, 6.07) is 4.52. The van der Waals surface area contributed by atoms with Crippen LogP contribution >= 0.6 is 0 Å². The molecule has 72 valence electrons. The van der Waals surface area contributed by atoms with Gasteiger partial charge in [0.1, 0.15) is 11.6 Å². The van der Waals surface area contributed by atoms with E-state index in [2.05, 4.69) is 5.32 Å². The third-order valence-corrected chi connectivity index (χ3v) is 1.60. The number of aliphatic hydroxyl groups excluding tert-OH is 1. The fourth-order valence-electron chi connectivity index (χ4n) is 0.957. The number of benzene rings is 1. The first-order chi connectivity index (χ1) is 6.27. The predicted octanol–water partition coefficient (Wildman–Crippen LogP) is 1.24. The lowest BCUT2D eigenvalue weighted by atomic mass is 10.3. The average molecular weight is 185 g/mol. The van der Waals surface area contributed by atoms with Crippen molar-refractivity contribution in [3.63, 3.8) is 0 Å². The Balaban J connectivity index is 2.73. The molecule has 0 bridgehead atoms. The largest absolute Gasteiger partial charge is 0.497 e. The molecule has 0 aromatic heterocycles. The van der Waals surface area contributed by atoms with Crippen LogP contribution in [0.15, 0.2) is 18.2 Å². The maximum absolute atomic E-state index is 13.1. The molecule has 1 rings (SSSR count). The molecule has 0 spiro atoms. The number of rotatable bonds is 4. The first-order valence-corrected chi connectivity index (χ1v) is 3.96. The molecule has 0 fully saturated rings. The number of hydrogen-bond donors (Lipinski definition) is 2. The van der Waals surface area contributed by atoms with E-state index in [0.717, 1.165) is 0 Å². The van der Waals surface area contributed by atoms with Crippen molar-refractivity contribution in [1.82, 2.24) is 0 Å². The first kappa shape index (κ1) is 9.80. The molecule has 0 atom stereocenters. The molecule has 0 aliphatic rings. The van der Waals surface area contributed by atoms with E-state index in [9.17, 15) is 4.39 Å². The Morgan fingerprint density at radius 2 is 2.31 bits per heavy atom. The monoisotopic (exact) mass is 185 g/mol. The van der Waals surface area contributed by atoms with E-state index in [0.29, 0.717) is 18.0 Å². The minimum atomic E-state index is -0.382. The second-order valence-electron chi connectivity index (χ2n) is 2.50. The number of hydrogen-bond acceptors (Lipinski definition) is 3. The summed E-state index contributed by atoms with van der Waals surface area (Å²) in [5.74, 6) is 0.0971. The summed E-state index contributed by atoms with van der Waals surface area (Å²) in [5, 5.41) is 11.2. The fraction of sp³-hybridized carbons (Fsp3) is 0.333. The molecule has 0 aliphatic heterocycles. The van der Waals surface area contributed by atoms with Gasteiger partial charge in [-0.2, -0.15) is 0 Å². The van der Waals surface area contributed by atoms with Crippen LogP contribution < -0.4 is 10.1 Å². The van der Waals surface area contributed by atoms with Gasteiger partial charge in [-0.1, -0.05) is 0 Å². The highest BCUT2D eigenvalue weighted by molar-refractivity contribution is 5.47. The van der Waals surface area contributed by atoms with Gasteiger partial charge in [0.25, 0.3) is 0 Å². The van der Waals surface area contributed by atoms with Crippen LogP contribution in [-0.4, -0.2) is 25.4 Å². The quantitative estimate of drug-likeness (QED) is 0.741. The summed E-state index contributed by atoms with van der Waals surface area (Å²) in [6.07, 6.45) is 0. The predicted molar refractivity (Wildman–Crippen MR) is 48.5 cm³/mol. The van der Waals surface area contributed by atoms with Gasteiger partial charge in [-0.15, -0.1) is 0 Å². The van der Waals surface area contributed by atoms with E-state index in [1.54, 1.807) is 12.1 Å². The van der Waals surface area contributed by atoms with Crippen LogP contribution in [0.2, 0.25) is 0 Å². The molecule has 0 saturated heterocycles. The van der Waals surface area contributed by atoms with Crippen LogP contribution in [0.4, 0.5) is 10.1 Å². The van der Waals surface area contributed by atoms with Gasteiger partial charge >= 0.3 is 0 Å². The zero-order chi connectivity index (χ0) is 9.68. The van der Waals surface area contributed by atoms with Gasteiger partial charge in [0, 0.05) is 12.6 Å². The lowest BCUT2D eigenvalue weighted by molar-refractivity contribution is 0.311. The minimum Gasteiger partial charge on any atom is -0.497 e. The number of nitrogens with one attached hydrogen (secondary N) is 1.